The van der Waals surface area contributed by atoms with Gasteiger partial charge in [-0.1, -0.05) is 55.3 Å². The molecule has 8 heteroatoms. The molecule has 3 heterocycles. The first-order chi connectivity index (χ1) is 19.5. The van der Waals surface area contributed by atoms with Gasteiger partial charge in [-0.3, -0.25) is 14.4 Å². The lowest BCUT2D eigenvalue weighted by Crippen LogP contribution is -2.55. The van der Waals surface area contributed by atoms with E-state index in [9.17, 15) is 14.4 Å². The summed E-state index contributed by atoms with van der Waals surface area (Å²) < 4.78 is 0. The number of fused-ring (bicyclic) bond motifs is 3. The molecule has 0 bridgehead atoms. The Morgan fingerprint density at radius 2 is 1.80 bits per heavy atom. The van der Waals surface area contributed by atoms with E-state index in [1.807, 2.05) is 60.7 Å². The number of nitrogens with one attached hydrogen (secondary N) is 3. The standard InChI is InChI=1S/C32H33N5O3/c38-27(20-37-26(21-7-2-1-3-8-21)12-16-34-32(30(37)40)13-4-5-14-32)35-24-11-10-22-18-31(19-23(22)17-24)25-9-6-15-33-28(25)36-29(31)39/h1-3,6-11,15,17,26,34H,4-5,12-14,16,18-20H2,(H,35,38)(H,33,36,39)/t26-,31+/m0/s1. The summed E-state index contributed by atoms with van der Waals surface area (Å²) in [5.41, 5.74) is 3.59. The van der Waals surface area contributed by atoms with Crippen molar-refractivity contribution in [2.24, 2.45) is 0 Å². The van der Waals surface area contributed by atoms with Crippen LogP contribution in [0.1, 0.15) is 60.4 Å². The van der Waals surface area contributed by atoms with Crippen LogP contribution in [0.5, 0.6) is 0 Å². The van der Waals surface area contributed by atoms with Gasteiger partial charge in [-0.15, -0.1) is 0 Å². The maximum atomic E-state index is 14.0. The number of anilines is 2. The Labute approximate surface area is 233 Å². The molecule has 3 aromatic rings. The first-order valence-corrected chi connectivity index (χ1v) is 14.3. The van der Waals surface area contributed by atoms with Gasteiger partial charge in [0.2, 0.25) is 17.7 Å². The fraction of sp³-hybridized carbons (Fsp3) is 0.375. The smallest absolute Gasteiger partial charge is 0.244 e. The first kappa shape index (κ1) is 25.0. The van der Waals surface area contributed by atoms with Gasteiger partial charge in [-0.25, -0.2) is 4.98 Å². The molecule has 1 saturated carbocycles. The molecule has 3 N–H and O–H groups in total. The lowest BCUT2D eigenvalue weighted by molar-refractivity contribution is -0.142. The predicted molar refractivity (Wildman–Crippen MR) is 152 cm³/mol. The van der Waals surface area contributed by atoms with Crippen LogP contribution in [-0.4, -0.2) is 46.2 Å². The van der Waals surface area contributed by atoms with Gasteiger partial charge >= 0.3 is 0 Å². The van der Waals surface area contributed by atoms with Gasteiger partial charge < -0.3 is 20.9 Å². The largest absolute Gasteiger partial charge is 0.325 e. The molecule has 204 valence electrons. The summed E-state index contributed by atoms with van der Waals surface area (Å²) in [5, 5.41) is 9.56. The summed E-state index contributed by atoms with van der Waals surface area (Å²) in [6.07, 6.45) is 7.27. The van der Waals surface area contributed by atoms with Gasteiger partial charge in [0.15, 0.2) is 0 Å². The Hall–Kier alpha value is -4.04. The summed E-state index contributed by atoms with van der Waals surface area (Å²) in [6, 6.07) is 19.6. The number of aromatic nitrogens is 1. The number of hydrogen-bond acceptors (Lipinski definition) is 5. The number of nitrogens with zero attached hydrogens (tertiary/aromatic N) is 2. The van der Waals surface area contributed by atoms with Crippen molar-refractivity contribution >= 4 is 29.2 Å². The van der Waals surface area contributed by atoms with Crippen LogP contribution >= 0.6 is 0 Å². The lowest BCUT2D eigenvalue weighted by Gasteiger charge is -2.35. The van der Waals surface area contributed by atoms with Crippen LogP contribution < -0.4 is 16.0 Å². The van der Waals surface area contributed by atoms with E-state index in [2.05, 4.69) is 20.9 Å². The molecular formula is C32H33N5O3. The zero-order valence-corrected chi connectivity index (χ0v) is 22.4. The fourth-order valence-corrected chi connectivity index (χ4v) is 7.37. The van der Waals surface area contributed by atoms with Crippen LogP contribution in [0.2, 0.25) is 0 Å². The highest BCUT2D eigenvalue weighted by Gasteiger charge is 2.51. The van der Waals surface area contributed by atoms with Gasteiger partial charge in [-0.05, 0) is 73.5 Å². The van der Waals surface area contributed by atoms with Crippen LogP contribution in [0.4, 0.5) is 11.5 Å². The number of pyridine rings is 1. The van der Waals surface area contributed by atoms with Gasteiger partial charge in [0.25, 0.3) is 0 Å². The molecule has 8 nitrogen and oxygen atoms in total. The zero-order valence-electron chi connectivity index (χ0n) is 22.4. The summed E-state index contributed by atoms with van der Waals surface area (Å²) >= 11 is 0. The predicted octanol–water partition coefficient (Wildman–Crippen LogP) is 3.88. The third-order valence-corrected chi connectivity index (χ3v) is 9.35. The molecule has 0 radical (unpaired) electrons. The quantitative estimate of drug-likeness (QED) is 0.471. The Morgan fingerprint density at radius 1 is 1.00 bits per heavy atom. The Bertz CT molecular complexity index is 1500. The maximum Gasteiger partial charge on any atom is 0.244 e. The van der Waals surface area contributed by atoms with Crippen molar-refractivity contribution in [2.45, 2.75) is 61.9 Å². The molecule has 40 heavy (non-hydrogen) atoms. The van der Waals surface area contributed by atoms with Gasteiger partial charge in [0.1, 0.15) is 12.4 Å². The number of carbonyl (C=O) groups is 3. The summed E-state index contributed by atoms with van der Waals surface area (Å²) in [5.74, 6) is 0.426. The van der Waals surface area contributed by atoms with E-state index in [1.165, 1.54) is 0 Å². The molecule has 2 atom stereocenters. The molecular weight excluding hydrogens is 502 g/mol. The number of amides is 3. The second kappa shape index (κ2) is 9.55. The highest BCUT2D eigenvalue weighted by molar-refractivity contribution is 6.06. The second-order valence-corrected chi connectivity index (χ2v) is 11.7. The fourth-order valence-electron chi connectivity index (χ4n) is 7.37. The van der Waals surface area contributed by atoms with E-state index in [0.29, 0.717) is 24.3 Å². The average molecular weight is 536 g/mol. The molecule has 2 aliphatic carbocycles. The van der Waals surface area contributed by atoms with Crippen molar-refractivity contribution in [3.8, 4) is 0 Å². The van der Waals surface area contributed by atoms with Gasteiger partial charge in [-0.2, -0.15) is 0 Å². The van der Waals surface area contributed by atoms with Crippen molar-refractivity contribution in [2.75, 3.05) is 23.7 Å². The second-order valence-electron chi connectivity index (χ2n) is 11.7. The lowest BCUT2D eigenvalue weighted by atomic mass is 9.79. The topological polar surface area (TPSA) is 103 Å². The molecule has 2 spiro atoms. The Balaban J connectivity index is 1.12. The molecule has 1 saturated heterocycles. The van der Waals surface area contributed by atoms with Crippen LogP contribution in [0.25, 0.3) is 0 Å². The van der Waals surface area contributed by atoms with Crippen molar-refractivity contribution in [1.82, 2.24) is 15.2 Å². The Kier molecular flexibility index (Phi) is 5.96. The number of rotatable bonds is 4. The number of benzene rings is 2. The molecule has 4 aliphatic rings. The minimum absolute atomic E-state index is 0.00963. The van der Waals surface area contributed by atoms with E-state index >= 15 is 0 Å². The maximum absolute atomic E-state index is 14.0. The van der Waals surface area contributed by atoms with Crippen molar-refractivity contribution in [3.63, 3.8) is 0 Å². The highest BCUT2D eigenvalue weighted by Crippen LogP contribution is 2.47. The zero-order chi connectivity index (χ0) is 27.3. The van der Waals surface area contributed by atoms with E-state index in [-0.39, 0.29) is 30.3 Å². The minimum atomic E-state index is -0.654. The van der Waals surface area contributed by atoms with E-state index in [1.54, 1.807) is 11.1 Å². The van der Waals surface area contributed by atoms with Crippen molar-refractivity contribution < 1.29 is 14.4 Å². The number of hydrogen-bond donors (Lipinski definition) is 3. The molecule has 0 unspecified atom stereocenters. The Morgan fingerprint density at radius 3 is 2.62 bits per heavy atom. The van der Waals surface area contributed by atoms with Crippen LogP contribution in [-0.2, 0) is 32.6 Å². The van der Waals surface area contributed by atoms with Crippen LogP contribution in [0.3, 0.4) is 0 Å². The normalized spacial score (nSPS) is 24.6. The van der Waals surface area contributed by atoms with Gasteiger partial charge in [0, 0.05) is 17.4 Å². The van der Waals surface area contributed by atoms with Crippen molar-refractivity contribution in [3.05, 3.63) is 89.1 Å². The molecule has 2 aliphatic heterocycles. The monoisotopic (exact) mass is 535 g/mol. The van der Waals surface area contributed by atoms with Crippen LogP contribution in [0.15, 0.2) is 66.9 Å². The molecule has 3 amide bonds. The van der Waals surface area contributed by atoms with E-state index in [0.717, 1.165) is 60.9 Å². The van der Waals surface area contributed by atoms with Gasteiger partial charge in [0.05, 0.1) is 17.0 Å². The summed E-state index contributed by atoms with van der Waals surface area (Å²) in [7, 11) is 0. The molecule has 2 aromatic carbocycles. The van der Waals surface area contributed by atoms with E-state index in [4.69, 9.17) is 0 Å². The SMILES string of the molecule is O=C(CN1C(=O)C2(CCCC2)NCC[C@H]1c1ccccc1)Nc1ccc2c(c1)C[C@@]1(C2)C(=O)Nc2ncccc21. The highest BCUT2D eigenvalue weighted by atomic mass is 16.2. The third kappa shape index (κ3) is 4.01. The van der Waals surface area contributed by atoms with Crippen LogP contribution in [0, 0.1) is 0 Å². The first-order valence-electron chi connectivity index (χ1n) is 14.3. The van der Waals surface area contributed by atoms with Crippen molar-refractivity contribution in [1.29, 1.82) is 0 Å². The van der Waals surface area contributed by atoms with E-state index < -0.39 is 11.0 Å². The minimum Gasteiger partial charge on any atom is -0.325 e. The third-order valence-electron chi connectivity index (χ3n) is 9.35. The molecule has 7 rings (SSSR count). The average Bonchev–Trinajstić information content (AvgIpc) is 3.64. The number of carbonyl (C=O) groups excluding carboxylic acids is 3. The summed E-state index contributed by atoms with van der Waals surface area (Å²) in [4.78, 5) is 46.7. The molecule has 1 aromatic heterocycles. The summed E-state index contributed by atoms with van der Waals surface area (Å²) in [6.45, 7) is 0.729. The molecule has 2 fully saturated rings.